The fourth-order valence-electron chi connectivity index (χ4n) is 2.58. The van der Waals surface area contributed by atoms with Gasteiger partial charge >= 0.3 is 0 Å². The normalized spacial score (nSPS) is 15.4. The van der Waals surface area contributed by atoms with Crippen LogP contribution >= 0.6 is 11.8 Å². The number of thioether (sulfide) groups is 1. The van der Waals surface area contributed by atoms with Gasteiger partial charge in [0.1, 0.15) is 0 Å². The zero-order chi connectivity index (χ0) is 16.9. The Kier molecular flexibility index (Phi) is 5.09. The summed E-state index contributed by atoms with van der Waals surface area (Å²) >= 11 is 1.29. The zero-order valence-corrected chi connectivity index (χ0v) is 13.8. The molecule has 126 valence electrons. The Bertz CT molecular complexity index is 712. The molecule has 9 heteroatoms. The summed E-state index contributed by atoms with van der Waals surface area (Å²) in [7, 11) is 0. The Morgan fingerprint density at radius 3 is 2.67 bits per heavy atom. The minimum absolute atomic E-state index is 0.0261. The molecule has 2 amide bonds. The van der Waals surface area contributed by atoms with Crippen LogP contribution in [0, 0.1) is 5.92 Å². The van der Waals surface area contributed by atoms with Gasteiger partial charge in [0.15, 0.2) is 5.82 Å². The van der Waals surface area contributed by atoms with Crippen molar-refractivity contribution in [2.75, 3.05) is 18.8 Å². The van der Waals surface area contributed by atoms with E-state index in [1.54, 1.807) is 17.3 Å². The second kappa shape index (κ2) is 7.43. The highest BCUT2D eigenvalue weighted by Gasteiger charge is 2.25. The molecule has 2 aromatic heterocycles. The Hall–Kier alpha value is -2.42. The lowest BCUT2D eigenvalue weighted by molar-refractivity contribution is -0.132. The third-order valence-corrected chi connectivity index (χ3v) is 4.83. The number of likely N-dealkylation sites (tertiary alicyclic amines) is 1. The highest BCUT2D eigenvalue weighted by atomic mass is 32.2. The van der Waals surface area contributed by atoms with E-state index in [1.807, 2.05) is 12.1 Å². The molecular formula is C15H18N6O2S. The molecule has 0 bridgehead atoms. The van der Waals surface area contributed by atoms with Gasteiger partial charge in [0.2, 0.25) is 17.0 Å². The van der Waals surface area contributed by atoms with Gasteiger partial charge in [0, 0.05) is 37.0 Å². The van der Waals surface area contributed by atoms with Crippen LogP contribution < -0.4 is 5.73 Å². The first-order chi connectivity index (χ1) is 11.6. The van der Waals surface area contributed by atoms with Gasteiger partial charge < -0.3 is 10.6 Å². The first-order valence-electron chi connectivity index (χ1n) is 7.66. The van der Waals surface area contributed by atoms with Crippen LogP contribution in [0.1, 0.15) is 12.8 Å². The minimum Gasteiger partial charge on any atom is -0.369 e. The number of carbonyl (C=O) groups excluding carboxylic acids is 2. The number of nitrogens with one attached hydrogen (secondary N) is 1. The van der Waals surface area contributed by atoms with Crippen molar-refractivity contribution in [2.24, 2.45) is 11.7 Å². The van der Waals surface area contributed by atoms with E-state index in [1.165, 1.54) is 11.8 Å². The third-order valence-electron chi connectivity index (χ3n) is 3.99. The fraction of sp³-hybridized carbons (Fsp3) is 0.400. The highest BCUT2D eigenvalue weighted by molar-refractivity contribution is 7.99. The summed E-state index contributed by atoms with van der Waals surface area (Å²) in [5.41, 5.74) is 6.20. The van der Waals surface area contributed by atoms with Crippen LogP contribution in [-0.2, 0) is 9.59 Å². The monoisotopic (exact) mass is 346 g/mol. The molecule has 2 aromatic rings. The maximum Gasteiger partial charge on any atom is 0.233 e. The van der Waals surface area contributed by atoms with Gasteiger partial charge in [-0.2, -0.15) is 0 Å². The van der Waals surface area contributed by atoms with E-state index in [0.29, 0.717) is 36.9 Å². The number of aromatic amines is 1. The van der Waals surface area contributed by atoms with Crippen LogP contribution in [0.5, 0.6) is 0 Å². The van der Waals surface area contributed by atoms with Crippen LogP contribution in [-0.4, -0.2) is 55.7 Å². The summed E-state index contributed by atoms with van der Waals surface area (Å²) in [6.07, 6.45) is 4.64. The van der Waals surface area contributed by atoms with Crippen molar-refractivity contribution in [3.05, 3.63) is 24.5 Å². The van der Waals surface area contributed by atoms with Crippen LogP contribution in [0.2, 0.25) is 0 Å². The summed E-state index contributed by atoms with van der Waals surface area (Å²) in [5, 5.41) is 7.51. The Morgan fingerprint density at radius 1 is 1.29 bits per heavy atom. The molecule has 0 saturated carbocycles. The summed E-state index contributed by atoms with van der Waals surface area (Å²) in [5.74, 6) is 0.556. The van der Waals surface area contributed by atoms with E-state index >= 15 is 0 Å². The average molecular weight is 346 g/mol. The van der Waals surface area contributed by atoms with Crippen LogP contribution in [0.4, 0.5) is 0 Å². The molecule has 0 aliphatic carbocycles. The number of hydrogen-bond acceptors (Lipinski definition) is 6. The quantitative estimate of drug-likeness (QED) is 0.769. The lowest BCUT2D eigenvalue weighted by atomic mass is 9.96. The van der Waals surface area contributed by atoms with Crippen LogP contribution in [0.3, 0.4) is 0 Å². The Balaban J connectivity index is 1.50. The molecule has 0 spiro atoms. The van der Waals surface area contributed by atoms with Crippen molar-refractivity contribution in [3.8, 4) is 11.4 Å². The van der Waals surface area contributed by atoms with Crippen molar-refractivity contribution in [1.29, 1.82) is 0 Å². The van der Waals surface area contributed by atoms with Gasteiger partial charge in [-0.25, -0.2) is 4.98 Å². The summed E-state index contributed by atoms with van der Waals surface area (Å²) in [4.78, 5) is 33.5. The van der Waals surface area contributed by atoms with Crippen molar-refractivity contribution in [1.82, 2.24) is 25.1 Å². The van der Waals surface area contributed by atoms with Crippen molar-refractivity contribution < 1.29 is 9.59 Å². The molecule has 3 N–H and O–H groups in total. The SMILES string of the molecule is NC(=O)C1CCN(C(=O)CSc2n[nH]c(-c3ccncc3)n2)CC1. The molecule has 8 nitrogen and oxygen atoms in total. The van der Waals surface area contributed by atoms with E-state index in [0.717, 1.165) is 5.56 Å². The molecule has 3 rings (SSSR count). The van der Waals surface area contributed by atoms with Gasteiger partial charge in [-0.15, -0.1) is 5.10 Å². The largest absolute Gasteiger partial charge is 0.369 e. The number of H-pyrrole nitrogens is 1. The predicted molar refractivity (Wildman–Crippen MR) is 88.8 cm³/mol. The van der Waals surface area contributed by atoms with E-state index in [-0.39, 0.29) is 23.5 Å². The van der Waals surface area contributed by atoms with Gasteiger partial charge in [0.25, 0.3) is 0 Å². The molecule has 3 heterocycles. The van der Waals surface area contributed by atoms with E-state index in [4.69, 9.17) is 5.73 Å². The molecule has 1 aliphatic rings. The van der Waals surface area contributed by atoms with Gasteiger partial charge in [-0.3, -0.25) is 19.7 Å². The van der Waals surface area contributed by atoms with E-state index in [9.17, 15) is 9.59 Å². The van der Waals surface area contributed by atoms with Gasteiger partial charge in [0.05, 0.1) is 5.75 Å². The summed E-state index contributed by atoms with van der Waals surface area (Å²) in [6, 6.07) is 3.67. The average Bonchev–Trinajstić information content (AvgIpc) is 3.09. The molecular weight excluding hydrogens is 328 g/mol. The fourth-order valence-corrected chi connectivity index (χ4v) is 3.28. The molecule has 0 unspecified atom stereocenters. The maximum atomic E-state index is 12.2. The zero-order valence-electron chi connectivity index (χ0n) is 13.0. The number of piperidine rings is 1. The number of hydrogen-bond donors (Lipinski definition) is 2. The molecule has 0 atom stereocenters. The molecule has 1 aliphatic heterocycles. The number of aromatic nitrogens is 4. The molecule has 0 radical (unpaired) electrons. The van der Waals surface area contributed by atoms with Crippen molar-refractivity contribution in [3.63, 3.8) is 0 Å². The van der Waals surface area contributed by atoms with Gasteiger partial charge in [-0.1, -0.05) is 11.8 Å². The number of pyridine rings is 1. The second-order valence-corrected chi connectivity index (χ2v) is 6.49. The van der Waals surface area contributed by atoms with Crippen LogP contribution in [0.15, 0.2) is 29.7 Å². The molecule has 1 fully saturated rings. The topological polar surface area (TPSA) is 118 Å². The van der Waals surface area contributed by atoms with Crippen molar-refractivity contribution >= 4 is 23.6 Å². The maximum absolute atomic E-state index is 12.2. The molecule has 1 saturated heterocycles. The number of rotatable bonds is 5. The van der Waals surface area contributed by atoms with E-state index in [2.05, 4.69) is 20.2 Å². The molecule has 0 aromatic carbocycles. The number of nitrogens with two attached hydrogens (primary N) is 1. The second-order valence-electron chi connectivity index (χ2n) is 5.55. The lowest BCUT2D eigenvalue weighted by Crippen LogP contribution is -2.42. The first-order valence-corrected chi connectivity index (χ1v) is 8.64. The number of carbonyl (C=O) groups is 2. The highest BCUT2D eigenvalue weighted by Crippen LogP contribution is 2.21. The lowest BCUT2D eigenvalue weighted by Gasteiger charge is -2.30. The number of amides is 2. The predicted octanol–water partition coefficient (Wildman–Crippen LogP) is 0.683. The smallest absolute Gasteiger partial charge is 0.233 e. The summed E-state index contributed by atoms with van der Waals surface area (Å²) in [6.45, 7) is 1.15. The third kappa shape index (κ3) is 3.91. The number of nitrogens with zero attached hydrogens (tertiary/aromatic N) is 4. The van der Waals surface area contributed by atoms with Crippen molar-refractivity contribution in [2.45, 2.75) is 18.0 Å². The van der Waals surface area contributed by atoms with E-state index < -0.39 is 0 Å². The Morgan fingerprint density at radius 2 is 2.00 bits per heavy atom. The summed E-state index contributed by atoms with van der Waals surface area (Å²) < 4.78 is 0. The number of primary amides is 1. The van der Waals surface area contributed by atoms with Crippen LogP contribution in [0.25, 0.3) is 11.4 Å². The first kappa shape index (κ1) is 16.4. The van der Waals surface area contributed by atoms with Gasteiger partial charge in [-0.05, 0) is 25.0 Å². The standard InChI is InChI=1S/C15H18N6O2S/c16-13(23)10-3-7-21(8-4-10)12(22)9-24-15-18-14(19-20-15)11-1-5-17-6-2-11/h1-2,5-6,10H,3-4,7-9H2,(H2,16,23)(H,18,19,20). The molecule has 24 heavy (non-hydrogen) atoms. The minimum atomic E-state index is -0.277. The Labute approximate surface area is 143 Å².